The second-order valence-electron chi connectivity index (χ2n) is 3.87. The SMILES string of the molecule is NC(=O)c1cccnc1N1CCN(C=O)CC1. The molecule has 1 aromatic rings. The van der Waals surface area contributed by atoms with Crippen LogP contribution in [0.5, 0.6) is 0 Å². The van der Waals surface area contributed by atoms with E-state index in [1.807, 2.05) is 4.90 Å². The van der Waals surface area contributed by atoms with Gasteiger partial charge < -0.3 is 15.5 Å². The Morgan fingerprint density at radius 2 is 2.06 bits per heavy atom. The van der Waals surface area contributed by atoms with Gasteiger partial charge in [0.2, 0.25) is 6.41 Å². The van der Waals surface area contributed by atoms with Crippen molar-refractivity contribution in [3.8, 4) is 0 Å². The summed E-state index contributed by atoms with van der Waals surface area (Å²) in [5.41, 5.74) is 5.73. The Bertz CT molecular complexity index is 427. The lowest BCUT2D eigenvalue weighted by Gasteiger charge is -2.33. The molecule has 1 saturated heterocycles. The summed E-state index contributed by atoms with van der Waals surface area (Å²) in [7, 11) is 0. The number of rotatable bonds is 3. The van der Waals surface area contributed by atoms with Crippen molar-refractivity contribution in [2.24, 2.45) is 5.73 Å². The minimum Gasteiger partial charge on any atom is -0.365 e. The molecule has 0 aromatic carbocycles. The quantitative estimate of drug-likeness (QED) is 0.712. The standard InChI is InChI=1S/C11H14N4O2/c12-10(17)9-2-1-3-13-11(9)15-6-4-14(8-16)5-7-15/h1-3,8H,4-7H2,(H2,12,17). The number of piperazine rings is 1. The molecular weight excluding hydrogens is 220 g/mol. The first-order valence-electron chi connectivity index (χ1n) is 5.41. The Morgan fingerprint density at radius 3 is 2.65 bits per heavy atom. The van der Waals surface area contributed by atoms with Crippen LogP contribution in [0.25, 0.3) is 0 Å². The van der Waals surface area contributed by atoms with Crippen LogP contribution in [0.4, 0.5) is 5.82 Å². The van der Waals surface area contributed by atoms with E-state index in [1.165, 1.54) is 0 Å². The first-order valence-corrected chi connectivity index (χ1v) is 5.41. The van der Waals surface area contributed by atoms with E-state index in [-0.39, 0.29) is 0 Å². The van der Waals surface area contributed by atoms with Gasteiger partial charge in [0.15, 0.2) is 0 Å². The summed E-state index contributed by atoms with van der Waals surface area (Å²) in [6, 6.07) is 3.35. The third-order valence-electron chi connectivity index (χ3n) is 2.82. The van der Waals surface area contributed by atoms with Crippen LogP contribution >= 0.6 is 0 Å². The third kappa shape index (κ3) is 2.35. The fraction of sp³-hybridized carbons (Fsp3) is 0.364. The van der Waals surface area contributed by atoms with Crippen molar-refractivity contribution in [1.82, 2.24) is 9.88 Å². The highest BCUT2D eigenvalue weighted by Gasteiger charge is 2.20. The summed E-state index contributed by atoms with van der Waals surface area (Å²) in [5, 5.41) is 0. The summed E-state index contributed by atoms with van der Waals surface area (Å²) in [6.45, 7) is 2.60. The maximum absolute atomic E-state index is 11.3. The molecule has 2 heterocycles. The van der Waals surface area contributed by atoms with Gasteiger partial charge in [-0.15, -0.1) is 0 Å². The number of nitrogens with two attached hydrogens (primary N) is 1. The monoisotopic (exact) mass is 234 g/mol. The number of pyridine rings is 1. The van der Waals surface area contributed by atoms with Crippen molar-refractivity contribution in [1.29, 1.82) is 0 Å². The van der Waals surface area contributed by atoms with Crippen LogP contribution in [-0.2, 0) is 4.79 Å². The minimum absolute atomic E-state index is 0.423. The van der Waals surface area contributed by atoms with E-state index in [0.29, 0.717) is 37.6 Å². The molecule has 2 amide bonds. The molecule has 17 heavy (non-hydrogen) atoms. The summed E-state index contributed by atoms with van der Waals surface area (Å²) < 4.78 is 0. The predicted molar refractivity (Wildman–Crippen MR) is 62.6 cm³/mol. The fourth-order valence-corrected chi connectivity index (χ4v) is 1.88. The van der Waals surface area contributed by atoms with Crippen molar-refractivity contribution in [2.75, 3.05) is 31.1 Å². The summed E-state index contributed by atoms with van der Waals surface area (Å²) in [6.07, 6.45) is 2.47. The lowest BCUT2D eigenvalue weighted by Crippen LogP contribution is -2.46. The number of hydrogen-bond acceptors (Lipinski definition) is 4. The predicted octanol–water partition coefficient (Wildman–Crippen LogP) is -0.541. The minimum atomic E-state index is -0.481. The van der Waals surface area contributed by atoms with E-state index in [0.717, 1.165) is 6.41 Å². The molecule has 0 saturated carbocycles. The van der Waals surface area contributed by atoms with Gasteiger partial charge in [-0.05, 0) is 12.1 Å². The highest BCUT2D eigenvalue weighted by atomic mass is 16.1. The Kier molecular flexibility index (Phi) is 3.22. The smallest absolute Gasteiger partial charge is 0.252 e. The number of anilines is 1. The van der Waals surface area contributed by atoms with Crippen molar-refractivity contribution in [2.45, 2.75) is 0 Å². The first kappa shape index (κ1) is 11.4. The number of carbonyl (C=O) groups is 2. The van der Waals surface area contributed by atoms with E-state index >= 15 is 0 Å². The van der Waals surface area contributed by atoms with Crippen molar-refractivity contribution in [3.05, 3.63) is 23.9 Å². The molecule has 1 fully saturated rings. The Morgan fingerprint density at radius 1 is 1.35 bits per heavy atom. The number of nitrogens with zero attached hydrogens (tertiary/aromatic N) is 3. The van der Waals surface area contributed by atoms with Gasteiger partial charge in [0, 0.05) is 32.4 Å². The fourth-order valence-electron chi connectivity index (χ4n) is 1.88. The lowest BCUT2D eigenvalue weighted by molar-refractivity contribution is -0.118. The Balaban J connectivity index is 2.18. The Labute approximate surface area is 99.0 Å². The number of carbonyl (C=O) groups excluding carboxylic acids is 2. The van der Waals surface area contributed by atoms with Crippen LogP contribution in [-0.4, -0.2) is 48.4 Å². The lowest BCUT2D eigenvalue weighted by atomic mass is 10.2. The van der Waals surface area contributed by atoms with E-state index < -0.39 is 5.91 Å². The zero-order valence-corrected chi connectivity index (χ0v) is 9.37. The molecule has 0 atom stereocenters. The van der Waals surface area contributed by atoms with Gasteiger partial charge in [0.1, 0.15) is 5.82 Å². The normalized spacial score (nSPS) is 15.8. The van der Waals surface area contributed by atoms with Gasteiger partial charge in [-0.2, -0.15) is 0 Å². The molecule has 90 valence electrons. The summed E-state index contributed by atoms with van der Waals surface area (Å²) in [4.78, 5) is 29.7. The van der Waals surface area contributed by atoms with E-state index in [2.05, 4.69) is 4.98 Å². The van der Waals surface area contributed by atoms with Crippen molar-refractivity contribution < 1.29 is 9.59 Å². The average Bonchev–Trinajstić information content (AvgIpc) is 2.39. The molecule has 2 N–H and O–H groups in total. The zero-order chi connectivity index (χ0) is 12.3. The summed E-state index contributed by atoms with van der Waals surface area (Å²) >= 11 is 0. The number of amides is 2. The molecule has 0 bridgehead atoms. The van der Waals surface area contributed by atoms with Crippen molar-refractivity contribution >= 4 is 18.1 Å². The molecule has 2 rings (SSSR count). The van der Waals surface area contributed by atoms with Crippen LogP contribution in [0.2, 0.25) is 0 Å². The molecular formula is C11H14N4O2. The maximum Gasteiger partial charge on any atom is 0.252 e. The molecule has 0 aliphatic carbocycles. The largest absolute Gasteiger partial charge is 0.365 e. The van der Waals surface area contributed by atoms with Crippen LogP contribution < -0.4 is 10.6 Å². The molecule has 6 nitrogen and oxygen atoms in total. The molecule has 1 aromatic heterocycles. The van der Waals surface area contributed by atoms with E-state index in [4.69, 9.17) is 5.73 Å². The summed E-state index contributed by atoms with van der Waals surface area (Å²) in [5.74, 6) is 0.122. The maximum atomic E-state index is 11.3. The second kappa shape index (κ2) is 4.82. The number of primary amides is 1. The van der Waals surface area contributed by atoms with Gasteiger partial charge >= 0.3 is 0 Å². The molecule has 0 radical (unpaired) electrons. The highest BCUT2D eigenvalue weighted by molar-refractivity contribution is 5.97. The first-order chi connectivity index (χ1) is 8.22. The molecule has 6 heteroatoms. The molecule has 0 unspecified atom stereocenters. The van der Waals surface area contributed by atoms with Gasteiger partial charge in [-0.1, -0.05) is 0 Å². The highest BCUT2D eigenvalue weighted by Crippen LogP contribution is 2.17. The Hall–Kier alpha value is -2.11. The van der Waals surface area contributed by atoms with E-state index in [9.17, 15) is 9.59 Å². The molecule has 0 spiro atoms. The second-order valence-corrected chi connectivity index (χ2v) is 3.87. The topological polar surface area (TPSA) is 79.5 Å². The van der Waals surface area contributed by atoms with E-state index in [1.54, 1.807) is 23.2 Å². The van der Waals surface area contributed by atoms with Gasteiger partial charge in [-0.25, -0.2) is 4.98 Å². The zero-order valence-electron chi connectivity index (χ0n) is 9.37. The van der Waals surface area contributed by atoms with Crippen LogP contribution in [0.3, 0.4) is 0 Å². The van der Waals surface area contributed by atoms with Gasteiger partial charge in [0.25, 0.3) is 5.91 Å². The number of hydrogen-bond donors (Lipinski definition) is 1. The van der Waals surface area contributed by atoms with Gasteiger partial charge in [0.05, 0.1) is 5.56 Å². The molecule has 1 aliphatic rings. The van der Waals surface area contributed by atoms with Gasteiger partial charge in [-0.3, -0.25) is 9.59 Å². The average molecular weight is 234 g/mol. The number of aromatic nitrogens is 1. The molecule has 1 aliphatic heterocycles. The van der Waals surface area contributed by atoms with Crippen LogP contribution in [0.15, 0.2) is 18.3 Å². The third-order valence-corrected chi connectivity index (χ3v) is 2.82. The van der Waals surface area contributed by atoms with Crippen LogP contribution in [0.1, 0.15) is 10.4 Å². The van der Waals surface area contributed by atoms with Crippen molar-refractivity contribution in [3.63, 3.8) is 0 Å². The van der Waals surface area contributed by atoms with Crippen LogP contribution in [0, 0.1) is 0 Å².